The van der Waals surface area contributed by atoms with Gasteiger partial charge in [-0.1, -0.05) is 18.2 Å². The van der Waals surface area contributed by atoms with Gasteiger partial charge in [-0.05, 0) is 48.7 Å². The molecule has 2 amide bonds. The van der Waals surface area contributed by atoms with Crippen molar-refractivity contribution in [2.75, 3.05) is 13.1 Å². The number of pyridine rings is 1. The lowest BCUT2D eigenvalue weighted by Crippen LogP contribution is -2.41. The maximum atomic E-state index is 13.8. The van der Waals surface area contributed by atoms with E-state index in [2.05, 4.69) is 15.0 Å². The van der Waals surface area contributed by atoms with E-state index in [9.17, 15) is 22.8 Å². The number of alkyl halides is 3. The number of fused-ring (bicyclic) bond motifs is 2. The Bertz CT molecular complexity index is 1530. The van der Waals surface area contributed by atoms with Crippen LogP contribution < -0.4 is 5.62 Å². The lowest BCUT2D eigenvalue weighted by molar-refractivity contribution is -0.136. The molecule has 0 bridgehead atoms. The number of hydrogen-bond acceptors (Lipinski definition) is 3. The van der Waals surface area contributed by atoms with E-state index >= 15 is 0 Å². The number of piperidine rings is 1. The lowest BCUT2D eigenvalue weighted by Gasteiger charge is -2.33. The minimum atomic E-state index is -4.57. The Hall–Kier alpha value is -3.95. The van der Waals surface area contributed by atoms with Crippen molar-refractivity contribution in [1.82, 2.24) is 19.4 Å². The van der Waals surface area contributed by atoms with Gasteiger partial charge in [-0.25, -0.2) is 0 Å². The Kier molecular flexibility index (Phi) is 6.11. The van der Waals surface area contributed by atoms with Gasteiger partial charge in [0.2, 0.25) is 17.4 Å². The van der Waals surface area contributed by atoms with Gasteiger partial charge in [0.1, 0.15) is 0 Å². The molecule has 0 atom stereocenters. The highest BCUT2D eigenvalue weighted by Gasteiger charge is 2.36. The van der Waals surface area contributed by atoms with Crippen LogP contribution in [0.1, 0.15) is 36.9 Å². The fraction of sp³-hybridized carbons (Fsp3) is 0.308. The van der Waals surface area contributed by atoms with Crippen LogP contribution in [0, 0.1) is 0 Å². The van der Waals surface area contributed by atoms with Gasteiger partial charge < -0.3 is 14.5 Å². The van der Waals surface area contributed by atoms with Gasteiger partial charge in [-0.3, -0.25) is 14.6 Å². The zero-order valence-electron chi connectivity index (χ0n) is 19.5. The number of halogens is 3. The summed E-state index contributed by atoms with van der Waals surface area (Å²) in [6.45, 7) is 2.04. The number of H-pyrrole nitrogens is 1. The number of nitrogens with zero attached hydrogens (tertiary/aromatic N) is 4. The monoisotopic (exact) mass is 495 g/mol. The van der Waals surface area contributed by atoms with Crippen molar-refractivity contribution in [3.8, 4) is 0 Å². The maximum Gasteiger partial charge on any atom is 0.418 e. The second-order valence-electron chi connectivity index (χ2n) is 8.97. The molecular formula is C26H24F3N5O2. The first-order valence-corrected chi connectivity index (χ1v) is 11.7. The van der Waals surface area contributed by atoms with E-state index in [1.807, 2.05) is 30.3 Å². The van der Waals surface area contributed by atoms with Gasteiger partial charge in [-0.15, -0.1) is 0 Å². The number of carbonyl (C=O) groups is 2. The Morgan fingerprint density at radius 3 is 2.61 bits per heavy atom. The largest absolute Gasteiger partial charge is 0.418 e. The van der Waals surface area contributed by atoms with Gasteiger partial charge >= 0.3 is 6.18 Å². The van der Waals surface area contributed by atoms with Crippen LogP contribution in [-0.2, 0) is 22.2 Å². The number of para-hydroxylation sites is 1. The summed E-state index contributed by atoms with van der Waals surface area (Å²) in [4.78, 5) is 37.6. The summed E-state index contributed by atoms with van der Waals surface area (Å²) in [6.07, 6.45) is -1.73. The van der Waals surface area contributed by atoms with Crippen molar-refractivity contribution < 1.29 is 22.8 Å². The molecule has 36 heavy (non-hydrogen) atoms. The molecule has 186 valence electrons. The van der Waals surface area contributed by atoms with Crippen LogP contribution in [0.5, 0.6) is 0 Å². The predicted molar refractivity (Wildman–Crippen MR) is 128 cm³/mol. The molecule has 1 fully saturated rings. The highest BCUT2D eigenvalue weighted by molar-refractivity contribution is 5.83. The number of imidazole rings is 1. The highest BCUT2D eigenvalue weighted by atomic mass is 19.4. The number of carbonyl (C=O) groups excluding carboxylic acids is 2. The minimum Gasteiger partial charge on any atom is -0.342 e. The number of nitrogens with one attached hydrogen (secondary N) is 1. The second-order valence-corrected chi connectivity index (χ2v) is 8.97. The van der Waals surface area contributed by atoms with Gasteiger partial charge in [0.25, 0.3) is 0 Å². The summed E-state index contributed by atoms with van der Waals surface area (Å²) in [5.74, 6) is -0.549. The zero-order chi connectivity index (χ0) is 25.4. The lowest BCUT2D eigenvalue weighted by atomic mass is 10.0. The number of aromatic amines is 1. The van der Waals surface area contributed by atoms with Gasteiger partial charge in [-0.2, -0.15) is 18.2 Å². The van der Waals surface area contributed by atoms with E-state index in [0.29, 0.717) is 25.9 Å². The average Bonchev–Trinajstić information content (AvgIpc) is 3.20. The normalized spacial score (nSPS) is 15.7. The van der Waals surface area contributed by atoms with Crippen molar-refractivity contribution in [1.29, 1.82) is 0 Å². The van der Waals surface area contributed by atoms with Crippen molar-refractivity contribution >= 4 is 33.8 Å². The van der Waals surface area contributed by atoms with Crippen molar-refractivity contribution in [2.45, 2.75) is 38.4 Å². The first kappa shape index (κ1) is 23.8. The van der Waals surface area contributed by atoms with Crippen molar-refractivity contribution in [3.05, 3.63) is 71.5 Å². The molecule has 1 saturated heterocycles. The summed E-state index contributed by atoms with van der Waals surface area (Å²) < 4.78 is 43.0. The molecule has 1 N–H and O–H groups in total. The van der Waals surface area contributed by atoms with E-state index in [4.69, 9.17) is 0 Å². The standard InChI is InChI=1S/C26H24F3N5O2/c1-16(35)31-25-32-22-6-2-5-20(26(27,28)29)24(22)34(25)19-9-12-33(13-10-19)23(36)15-17-7-8-21-18(14-17)4-3-11-30-21/h2-8,11,14,19H,9-10,12-13,15H2,1H3,(H,31,32,35). The van der Waals surface area contributed by atoms with Crippen LogP contribution in [0.15, 0.2) is 59.7 Å². The molecule has 10 heteroatoms. The van der Waals surface area contributed by atoms with E-state index in [1.54, 1.807) is 11.1 Å². The molecule has 0 unspecified atom stereocenters. The van der Waals surface area contributed by atoms with Crippen molar-refractivity contribution in [3.63, 3.8) is 0 Å². The van der Waals surface area contributed by atoms with Crippen LogP contribution in [-0.4, -0.2) is 44.3 Å². The third kappa shape index (κ3) is 4.62. The van der Waals surface area contributed by atoms with E-state index < -0.39 is 17.6 Å². The molecule has 0 saturated carbocycles. The number of rotatable bonds is 3. The molecule has 1 aliphatic rings. The molecule has 2 aromatic carbocycles. The van der Waals surface area contributed by atoms with E-state index in [1.165, 1.54) is 23.6 Å². The first-order chi connectivity index (χ1) is 17.2. The maximum absolute atomic E-state index is 13.8. The molecule has 0 spiro atoms. The van der Waals surface area contributed by atoms with E-state index in [0.717, 1.165) is 22.5 Å². The Labute approximate surface area is 204 Å². The number of aromatic nitrogens is 3. The molecule has 3 heterocycles. The first-order valence-electron chi connectivity index (χ1n) is 11.7. The van der Waals surface area contributed by atoms with Crippen LogP contribution in [0.2, 0.25) is 0 Å². The van der Waals surface area contributed by atoms with E-state index in [-0.39, 0.29) is 35.0 Å². The average molecular weight is 496 g/mol. The van der Waals surface area contributed by atoms with Gasteiger partial charge in [0.15, 0.2) is 0 Å². The third-order valence-electron chi connectivity index (χ3n) is 6.53. The third-order valence-corrected chi connectivity index (χ3v) is 6.53. The predicted octanol–water partition coefficient (Wildman–Crippen LogP) is 4.39. The molecule has 0 radical (unpaired) electrons. The Morgan fingerprint density at radius 1 is 1.11 bits per heavy atom. The van der Waals surface area contributed by atoms with Crippen LogP contribution in [0.4, 0.5) is 13.2 Å². The molecule has 2 aromatic heterocycles. The van der Waals surface area contributed by atoms with Gasteiger partial charge in [0.05, 0.1) is 28.5 Å². The van der Waals surface area contributed by atoms with Crippen molar-refractivity contribution in [2.24, 2.45) is 4.99 Å². The Balaban J connectivity index is 1.39. The Morgan fingerprint density at radius 2 is 1.89 bits per heavy atom. The summed E-state index contributed by atoms with van der Waals surface area (Å²) >= 11 is 0. The molecule has 7 nitrogen and oxygen atoms in total. The summed E-state index contributed by atoms with van der Waals surface area (Å²) in [5, 5.41) is 0.958. The summed E-state index contributed by atoms with van der Waals surface area (Å²) in [6, 6.07) is 13.1. The molecule has 1 aliphatic heterocycles. The number of benzene rings is 2. The topological polar surface area (TPSA) is 83.4 Å². The molecular weight excluding hydrogens is 471 g/mol. The molecule has 4 aromatic rings. The van der Waals surface area contributed by atoms with Crippen LogP contribution in [0.25, 0.3) is 21.9 Å². The SMILES string of the molecule is CC(=O)/N=c1\[nH]c2cccc(C(F)(F)F)c2n1C1CCN(C(=O)Cc2ccc3ncccc3c2)CC1. The summed E-state index contributed by atoms with van der Waals surface area (Å²) in [7, 11) is 0. The fourth-order valence-corrected chi connectivity index (χ4v) is 4.90. The molecule has 5 rings (SSSR count). The van der Waals surface area contributed by atoms with Gasteiger partial charge in [0, 0.05) is 37.6 Å². The quantitative estimate of drug-likeness (QED) is 0.458. The van der Waals surface area contributed by atoms with Crippen LogP contribution in [0.3, 0.4) is 0 Å². The second kappa shape index (κ2) is 9.25. The molecule has 0 aliphatic carbocycles. The fourth-order valence-electron chi connectivity index (χ4n) is 4.90. The number of likely N-dealkylation sites (tertiary alicyclic amines) is 1. The zero-order valence-corrected chi connectivity index (χ0v) is 19.5. The highest BCUT2D eigenvalue weighted by Crippen LogP contribution is 2.36. The summed E-state index contributed by atoms with van der Waals surface area (Å²) in [5.41, 5.74) is 1.27. The number of amides is 2. The minimum absolute atomic E-state index is 0.0282. The number of hydrogen-bond donors (Lipinski definition) is 1. The smallest absolute Gasteiger partial charge is 0.342 e. The van der Waals surface area contributed by atoms with Crippen LogP contribution >= 0.6 is 0 Å².